The quantitative estimate of drug-likeness (QED) is 0.348. The molecule has 7 atom stereocenters. The van der Waals surface area contributed by atoms with Crippen LogP contribution < -0.4 is 14.3 Å². The van der Waals surface area contributed by atoms with Crippen LogP contribution in [0.1, 0.15) is 28.3 Å². The molecule has 7 rings (SSSR count). The Morgan fingerprint density at radius 1 is 1.07 bits per heavy atom. The number of methoxy groups -OCH3 is 1. The van der Waals surface area contributed by atoms with Crippen molar-refractivity contribution in [3.8, 4) is 11.5 Å². The first-order chi connectivity index (χ1) is 20.2. The average molecular weight is 648 g/mol. The van der Waals surface area contributed by atoms with Crippen LogP contribution >= 0.6 is 46.3 Å². The molecule has 9 nitrogen and oxygen atoms in total. The van der Waals surface area contributed by atoms with Crippen LogP contribution in [0.15, 0.2) is 46.2 Å². The zero-order chi connectivity index (χ0) is 29.4. The van der Waals surface area contributed by atoms with E-state index < -0.39 is 24.3 Å². The van der Waals surface area contributed by atoms with E-state index in [9.17, 15) is 24.3 Å². The number of hydrogen-bond donors (Lipinski definition) is 2. The Labute approximate surface area is 258 Å². The van der Waals surface area contributed by atoms with Crippen LogP contribution in [0.2, 0.25) is 10.0 Å². The number of aliphatic carboxylic acids is 1. The van der Waals surface area contributed by atoms with Crippen LogP contribution in [0.3, 0.4) is 0 Å². The second-order valence-electron chi connectivity index (χ2n) is 11.1. The Balaban J connectivity index is 1.24. The van der Waals surface area contributed by atoms with Crippen LogP contribution in [0.25, 0.3) is 0 Å². The minimum absolute atomic E-state index is 0.00146. The van der Waals surface area contributed by atoms with Crippen molar-refractivity contribution >= 4 is 64.1 Å². The molecule has 4 aliphatic rings. The van der Waals surface area contributed by atoms with E-state index in [1.54, 1.807) is 37.1 Å². The summed E-state index contributed by atoms with van der Waals surface area (Å²) in [7, 11) is 1.58. The summed E-state index contributed by atoms with van der Waals surface area (Å²) < 4.78 is 11.7. The molecule has 2 aliphatic carbocycles. The first-order valence-corrected chi connectivity index (χ1v) is 15.8. The molecule has 2 aromatic carbocycles. The lowest BCUT2D eigenvalue weighted by atomic mass is 9.68. The molecular weight excluding hydrogens is 623 g/mol. The maximum atomic E-state index is 13.4. The summed E-state index contributed by atoms with van der Waals surface area (Å²) in [6, 6.07) is 10.9. The molecule has 2 saturated carbocycles. The van der Waals surface area contributed by atoms with Gasteiger partial charge in [0.05, 0.1) is 29.0 Å². The van der Waals surface area contributed by atoms with E-state index in [1.165, 1.54) is 11.3 Å². The number of H-pyrrole nitrogens is 1. The predicted molar refractivity (Wildman–Crippen MR) is 157 cm³/mol. The number of carboxylic acid groups (broad SMARTS) is 1. The third-order valence-electron chi connectivity index (χ3n) is 9.06. The van der Waals surface area contributed by atoms with Gasteiger partial charge in [-0.2, -0.15) is 0 Å². The van der Waals surface area contributed by atoms with Crippen molar-refractivity contribution < 1.29 is 29.0 Å². The van der Waals surface area contributed by atoms with Crippen molar-refractivity contribution in [3.63, 3.8) is 0 Å². The van der Waals surface area contributed by atoms with E-state index >= 15 is 0 Å². The van der Waals surface area contributed by atoms with Crippen LogP contribution in [-0.4, -0.2) is 51.7 Å². The zero-order valence-electron chi connectivity index (χ0n) is 22.0. The van der Waals surface area contributed by atoms with E-state index in [0.29, 0.717) is 21.5 Å². The maximum absolute atomic E-state index is 13.4. The van der Waals surface area contributed by atoms with Gasteiger partial charge in [-0.05, 0) is 54.0 Å². The number of halogens is 2. The van der Waals surface area contributed by atoms with E-state index in [4.69, 9.17) is 32.7 Å². The number of ether oxygens (including phenoxy) is 2. The number of thioether (sulfide) groups is 1. The van der Waals surface area contributed by atoms with Crippen molar-refractivity contribution in [2.45, 2.75) is 29.2 Å². The third kappa shape index (κ3) is 4.27. The lowest BCUT2D eigenvalue weighted by molar-refractivity contribution is -0.149. The fourth-order valence-corrected chi connectivity index (χ4v) is 10.9. The highest BCUT2D eigenvalue weighted by Gasteiger charge is 2.69. The second kappa shape index (κ2) is 10.3. The second-order valence-corrected chi connectivity index (χ2v) is 14.1. The van der Waals surface area contributed by atoms with Crippen molar-refractivity contribution in [3.05, 3.63) is 72.1 Å². The fraction of sp³-hybridized carbons (Fsp3) is 0.379. The van der Waals surface area contributed by atoms with Crippen LogP contribution in [0.4, 0.5) is 0 Å². The van der Waals surface area contributed by atoms with Gasteiger partial charge in [0, 0.05) is 26.6 Å². The number of amides is 2. The number of fused-ring (bicyclic) bond motifs is 9. The van der Waals surface area contributed by atoms with Crippen molar-refractivity contribution in [2.24, 2.45) is 29.6 Å². The van der Waals surface area contributed by atoms with E-state index in [2.05, 4.69) is 4.98 Å². The first kappa shape index (κ1) is 27.8. The SMILES string of the molecule is COc1cc([C@@H]2c3sc(=O)[nH]c3S[C@@H]3[C@@H]4C[C@H]([C@H]5C(=O)N(CC(=O)O)C(=O)[C@H]45)[C@H]23)ccc1COc1ccc(Cl)cc1Cl. The Morgan fingerprint density at radius 3 is 2.55 bits per heavy atom. The predicted octanol–water partition coefficient (Wildman–Crippen LogP) is 4.89. The van der Waals surface area contributed by atoms with Gasteiger partial charge in [0.25, 0.3) is 0 Å². The number of nitrogens with zero attached hydrogens (tertiary/aromatic N) is 1. The number of hydrogen-bond acceptors (Lipinski definition) is 8. The van der Waals surface area contributed by atoms with Gasteiger partial charge in [0.15, 0.2) is 0 Å². The molecule has 2 amide bonds. The Morgan fingerprint density at radius 2 is 1.83 bits per heavy atom. The Kier molecular flexibility index (Phi) is 6.84. The Hall–Kier alpha value is -2.99. The van der Waals surface area contributed by atoms with Gasteiger partial charge in [0.1, 0.15) is 24.7 Å². The van der Waals surface area contributed by atoms with Crippen LogP contribution in [-0.2, 0) is 21.0 Å². The number of aromatic amines is 1. The number of aromatic nitrogens is 1. The lowest BCUT2D eigenvalue weighted by Gasteiger charge is -2.43. The van der Waals surface area contributed by atoms with E-state index in [1.807, 2.05) is 18.2 Å². The minimum Gasteiger partial charge on any atom is -0.496 e. The molecular formula is C29H24Cl2N2O7S2. The van der Waals surface area contributed by atoms with Gasteiger partial charge < -0.3 is 19.6 Å². The lowest BCUT2D eigenvalue weighted by Crippen LogP contribution is -2.42. The molecule has 218 valence electrons. The summed E-state index contributed by atoms with van der Waals surface area (Å²) >= 11 is 15.0. The topological polar surface area (TPSA) is 126 Å². The molecule has 0 spiro atoms. The number of carbonyl (C=O) groups is 3. The normalized spacial score (nSPS) is 28.9. The molecule has 2 bridgehead atoms. The summed E-state index contributed by atoms with van der Waals surface area (Å²) in [5.74, 6) is -2.33. The first-order valence-electron chi connectivity index (χ1n) is 13.4. The molecule has 0 unspecified atom stereocenters. The molecule has 3 aromatic rings. The largest absolute Gasteiger partial charge is 0.496 e. The fourth-order valence-electron chi connectivity index (χ4n) is 7.56. The average Bonchev–Trinajstić information content (AvgIpc) is 3.68. The van der Waals surface area contributed by atoms with Gasteiger partial charge in [-0.3, -0.25) is 24.1 Å². The van der Waals surface area contributed by atoms with Crippen LogP contribution in [0, 0.1) is 29.6 Å². The number of nitrogens with one attached hydrogen (secondary N) is 1. The molecule has 1 aromatic heterocycles. The third-order valence-corrected chi connectivity index (χ3v) is 12.2. The van der Waals surface area contributed by atoms with Gasteiger partial charge in [-0.25, -0.2) is 0 Å². The molecule has 2 aliphatic heterocycles. The number of carboxylic acids is 1. The van der Waals surface area contributed by atoms with Gasteiger partial charge in [-0.1, -0.05) is 46.7 Å². The summed E-state index contributed by atoms with van der Waals surface area (Å²) in [6.45, 7) is -0.413. The summed E-state index contributed by atoms with van der Waals surface area (Å²) in [5.41, 5.74) is 1.74. The monoisotopic (exact) mass is 646 g/mol. The molecule has 3 heterocycles. The van der Waals surface area contributed by atoms with Crippen molar-refractivity contribution in [2.75, 3.05) is 13.7 Å². The summed E-state index contributed by atoms with van der Waals surface area (Å²) in [6.07, 6.45) is 0.719. The smallest absolute Gasteiger partial charge is 0.323 e. The highest BCUT2D eigenvalue weighted by molar-refractivity contribution is 8.00. The highest BCUT2D eigenvalue weighted by Crippen LogP contribution is 2.68. The summed E-state index contributed by atoms with van der Waals surface area (Å²) in [5, 5.41) is 11.0. The number of carbonyl (C=O) groups excluding carboxylic acids is 2. The highest BCUT2D eigenvalue weighted by atomic mass is 35.5. The maximum Gasteiger partial charge on any atom is 0.323 e. The molecule has 3 fully saturated rings. The van der Waals surface area contributed by atoms with Gasteiger partial charge >= 0.3 is 10.8 Å². The molecule has 1 saturated heterocycles. The van der Waals surface area contributed by atoms with Gasteiger partial charge in [-0.15, -0.1) is 11.8 Å². The van der Waals surface area contributed by atoms with E-state index in [-0.39, 0.29) is 52.2 Å². The standard InChI is InChI=1S/C29H24Cl2N2O7S2/c1-39-18-6-11(2-3-12(18)10-40-17-5-4-13(30)7-16(17)31)20-21-14-8-15(24(21)41-26-25(20)42-29(38)32-26)23-22(14)27(36)33(28(23)37)9-19(34)35/h2-7,14-15,20-24H,8-10H2,1H3,(H,32,38)(H,34,35)/t14-,15+,20-,21+,22+,23+,24+/m0/s1. The minimum atomic E-state index is -1.21. The van der Waals surface area contributed by atoms with Crippen molar-refractivity contribution in [1.82, 2.24) is 9.88 Å². The van der Waals surface area contributed by atoms with Crippen LogP contribution in [0.5, 0.6) is 11.5 Å². The Bertz CT molecular complexity index is 1710. The number of likely N-dealkylation sites (tertiary alicyclic amines) is 1. The molecule has 42 heavy (non-hydrogen) atoms. The number of thiazole rings is 1. The van der Waals surface area contributed by atoms with Crippen molar-refractivity contribution in [1.29, 1.82) is 0 Å². The number of imide groups is 1. The number of rotatable bonds is 7. The zero-order valence-corrected chi connectivity index (χ0v) is 25.2. The molecule has 2 N–H and O–H groups in total. The molecule has 0 radical (unpaired) electrons. The van der Waals surface area contributed by atoms with Gasteiger partial charge in [0.2, 0.25) is 11.8 Å². The number of benzene rings is 2. The molecule has 13 heteroatoms. The summed E-state index contributed by atoms with van der Waals surface area (Å²) in [4.78, 5) is 55.3. The van der Waals surface area contributed by atoms with E-state index in [0.717, 1.165) is 32.4 Å².